The predicted molar refractivity (Wildman–Crippen MR) is 92.1 cm³/mol. The molecule has 7 heteroatoms. The van der Waals surface area contributed by atoms with E-state index in [1.807, 2.05) is 32.0 Å². The summed E-state index contributed by atoms with van der Waals surface area (Å²) < 4.78 is 46.3. The van der Waals surface area contributed by atoms with Crippen LogP contribution in [0, 0.1) is 13.8 Å². The van der Waals surface area contributed by atoms with Crippen LogP contribution in [0.3, 0.4) is 0 Å². The number of alkyl halides is 3. The average Bonchev–Trinajstić information content (AvgIpc) is 2.93. The number of rotatable bonds is 5. The lowest BCUT2D eigenvalue weighted by Crippen LogP contribution is -2.10. The lowest BCUT2D eigenvalue weighted by Gasteiger charge is -2.12. The zero-order chi connectivity index (χ0) is 18.9. The first-order valence-electron chi connectivity index (χ1n) is 8.17. The van der Waals surface area contributed by atoms with Crippen LogP contribution in [-0.4, -0.2) is 21.3 Å². The van der Waals surface area contributed by atoms with Gasteiger partial charge in [-0.3, -0.25) is 0 Å². The highest BCUT2D eigenvalue weighted by atomic mass is 19.4. The molecule has 1 aromatic heterocycles. The van der Waals surface area contributed by atoms with Gasteiger partial charge in [0.2, 0.25) is 0 Å². The van der Waals surface area contributed by atoms with Crippen LogP contribution in [0.15, 0.2) is 36.4 Å². The summed E-state index contributed by atoms with van der Waals surface area (Å²) >= 11 is 0. The highest BCUT2D eigenvalue weighted by Crippen LogP contribution is 2.31. The molecule has 0 unspecified atom stereocenters. The van der Waals surface area contributed by atoms with E-state index >= 15 is 0 Å². The molecular formula is C19H19F3N2O2. The van der Waals surface area contributed by atoms with Gasteiger partial charge in [-0.2, -0.15) is 13.2 Å². The molecule has 0 aliphatic heterocycles. The number of hydrogen-bond donors (Lipinski definition) is 1. The number of imidazole rings is 1. The average molecular weight is 364 g/mol. The van der Waals surface area contributed by atoms with Crippen LogP contribution in [0.2, 0.25) is 0 Å². The van der Waals surface area contributed by atoms with E-state index < -0.39 is 11.7 Å². The Morgan fingerprint density at radius 3 is 2.62 bits per heavy atom. The smallest absolute Gasteiger partial charge is 0.416 e. The minimum Gasteiger partial charge on any atom is -0.485 e. The summed E-state index contributed by atoms with van der Waals surface area (Å²) in [6.07, 6.45) is -4.43. The van der Waals surface area contributed by atoms with Crippen molar-refractivity contribution in [2.45, 2.75) is 33.2 Å². The fourth-order valence-corrected chi connectivity index (χ4v) is 2.84. The molecule has 0 fully saturated rings. The molecule has 4 nitrogen and oxygen atoms in total. The van der Waals surface area contributed by atoms with Gasteiger partial charge in [0.05, 0.1) is 23.2 Å². The molecule has 0 amide bonds. The van der Waals surface area contributed by atoms with Gasteiger partial charge in [0, 0.05) is 6.54 Å². The zero-order valence-electron chi connectivity index (χ0n) is 14.5. The second-order valence-corrected chi connectivity index (χ2v) is 6.09. The third-order valence-electron chi connectivity index (χ3n) is 4.39. The monoisotopic (exact) mass is 364 g/mol. The molecule has 0 radical (unpaired) electrons. The lowest BCUT2D eigenvalue weighted by molar-refractivity contribution is -0.137. The van der Waals surface area contributed by atoms with Crippen LogP contribution in [-0.2, 0) is 19.3 Å². The minimum absolute atomic E-state index is 0.0975. The van der Waals surface area contributed by atoms with E-state index in [2.05, 4.69) is 4.98 Å². The number of aromatic nitrogens is 2. The largest absolute Gasteiger partial charge is 0.485 e. The van der Waals surface area contributed by atoms with E-state index in [4.69, 9.17) is 4.74 Å². The second kappa shape index (κ2) is 6.99. The van der Waals surface area contributed by atoms with Gasteiger partial charge < -0.3 is 14.4 Å². The molecule has 0 atom stereocenters. The van der Waals surface area contributed by atoms with Crippen LogP contribution in [0.1, 0.15) is 22.5 Å². The van der Waals surface area contributed by atoms with Crippen LogP contribution >= 0.6 is 0 Å². The van der Waals surface area contributed by atoms with Gasteiger partial charge >= 0.3 is 6.18 Å². The molecule has 3 aromatic rings. The van der Waals surface area contributed by atoms with E-state index in [1.54, 1.807) is 4.57 Å². The number of aryl methyl sites for hydroxylation is 1. The summed E-state index contributed by atoms with van der Waals surface area (Å²) in [4.78, 5) is 4.30. The molecule has 1 heterocycles. The molecule has 0 saturated carbocycles. The Morgan fingerprint density at radius 2 is 1.92 bits per heavy atom. The first kappa shape index (κ1) is 18.3. The summed E-state index contributed by atoms with van der Waals surface area (Å²) in [6, 6.07) is 9.11. The summed E-state index contributed by atoms with van der Waals surface area (Å²) in [5.74, 6) is 1.16. The Bertz CT molecular complexity index is 932. The van der Waals surface area contributed by atoms with E-state index in [0.717, 1.165) is 23.3 Å². The SMILES string of the molecule is Cc1cccc(OCc2nc3cc(C(F)(F)F)ccc3n2CCO)c1C. The summed E-state index contributed by atoms with van der Waals surface area (Å²) in [5.41, 5.74) is 2.10. The normalized spacial score (nSPS) is 11.9. The quantitative estimate of drug-likeness (QED) is 0.737. The molecular weight excluding hydrogens is 345 g/mol. The Morgan fingerprint density at radius 1 is 1.15 bits per heavy atom. The first-order valence-corrected chi connectivity index (χ1v) is 8.17. The van der Waals surface area contributed by atoms with Crippen molar-refractivity contribution >= 4 is 11.0 Å². The number of ether oxygens (including phenoxy) is 1. The molecule has 2 aromatic carbocycles. The van der Waals surface area contributed by atoms with Crippen molar-refractivity contribution in [3.63, 3.8) is 0 Å². The van der Waals surface area contributed by atoms with E-state index in [9.17, 15) is 18.3 Å². The fraction of sp³-hybridized carbons (Fsp3) is 0.316. The third-order valence-corrected chi connectivity index (χ3v) is 4.39. The molecule has 0 aliphatic rings. The van der Waals surface area contributed by atoms with Gasteiger partial charge in [-0.15, -0.1) is 0 Å². The Kier molecular flexibility index (Phi) is 4.91. The molecule has 138 valence electrons. The van der Waals surface area contributed by atoms with Crippen molar-refractivity contribution in [1.82, 2.24) is 9.55 Å². The number of nitrogens with zero attached hydrogens (tertiary/aromatic N) is 2. The maximum atomic E-state index is 12.9. The second-order valence-electron chi connectivity index (χ2n) is 6.09. The number of benzene rings is 2. The van der Waals surface area contributed by atoms with Gasteiger partial charge in [0.1, 0.15) is 18.2 Å². The number of aliphatic hydroxyl groups excluding tert-OH is 1. The van der Waals surface area contributed by atoms with Crippen LogP contribution < -0.4 is 4.74 Å². The van der Waals surface area contributed by atoms with Gasteiger partial charge in [0.25, 0.3) is 0 Å². The lowest BCUT2D eigenvalue weighted by atomic mass is 10.1. The molecule has 0 saturated heterocycles. The Labute approximate surface area is 148 Å². The number of hydrogen-bond acceptors (Lipinski definition) is 3. The van der Waals surface area contributed by atoms with Crippen LogP contribution in [0.5, 0.6) is 5.75 Å². The maximum absolute atomic E-state index is 12.9. The van der Waals surface area contributed by atoms with Gasteiger partial charge in [-0.25, -0.2) is 4.98 Å². The van der Waals surface area contributed by atoms with Crippen molar-refractivity contribution in [2.24, 2.45) is 0 Å². The third kappa shape index (κ3) is 3.53. The van der Waals surface area contributed by atoms with Gasteiger partial charge in [0.15, 0.2) is 0 Å². The predicted octanol–water partition coefficient (Wildman–Crippen LogP) is 4.24. The molecule has 3 rings (SSSR count). The summed E-state index contributed by atoms with van der Waals surface area (Å²) in [5, 5.41) is 9.30. The maximum Gasteiger partial charge on any atom is 0.416 e. The standard InChI is InChI=1S/C19H19F3N2O2/c1-12-4-3-5-17(13(12)2)26-11-18-23-15-10-14(19(20,21)22)6-7-16(15)24(18)8-9-25/h3-7,10,25H,8-9,11H2,1-2H3. The first-order chi connectivity index (χ1) is 12.3. The molecule has 26 heavy (non-hydrogen) atoms. The number of aliphatic hydroxyl groups is 1. The van der Waals surface area contributed by atoms with E-state index in [0.29, 0.717) is 17.1 Å². The molecule has 0 aliphatic carbocycles. The number of halogens is 3. The molecule has 0 spiro atoms. The highest BCUT2D eigenvalue weighted by molar-refractivity contribution is 5.77. The summed E-state index contributed by atoms with van der Waals surface area (Å²) in [6.45, 7) is 4.09. The van der Waals surface area contributed by atoms with E-state index in [1.165, 1.54) is 6.07 Å². The van der Waals surface area contributed by atoms with E-state index in [-0.39, 0.29) is 25.3 Å². The van der Waals surface area contributed by atoms with Crippen LogP contribution in [0.25, 0.3) is 11.0 Å². The Hall–Kier alpha value is -2.54. The van der Waals surface area contributed by atoms with Gasteiger partial charge in [-0.1, -0.05) is 12.1 Å². The zero-order valence-corrected chi connectivity index (χ0v) is 14.5. The van der Waals surface area contributed by atoms with Crippen molar-refractivity contribution in [3.8, 4) is 5.75 Å². The fourth-order valence-electron chi connectivity index (χ4n) is 2.84. The van der Waals surface area contributed by atoms with Crippen molar-refractivity contribution in [1.29, 1.82) is 0 Å². The minimum atomic E-state index is -4.43. The molecule has 1 N–H and O–H groups in total. The highest BCUT2D eigenvalue weighted by Gasteiger charge is 2.31. The van der Waals surface area contributed by atoms with Crippen molar-refractivity contribution < 1.29 is 23.0 Å². The van der Waals surface area contributed by atoms with Crippen molar-refractivity contribution in [3.05, 3.63) is 58.9 Å². The number of fused-ring (bicyclic) bond motifs is 1. The Balaban J connectivity index is 1.96. The van der Waals surface area contributed by atoms with Gasteiger partial charge in [-0.05, 0) is 49.2 Å². The molecule has 0 bridgehead atoms. The summed E-state index contributed by atoms with van der Waals surface area (Å²) in [7, 11) is 0. The van der Waals surface area contributed by atoms with Crippen LogP contribution in [0.4, 0.5) is 13.2 Å². The topological polar surface area (TPSA) is 47.3 Å². The van der Waals surface area contributed by atoms with Crippen molar-refractivity contribution in [2.75, 3.05) is 6.61 Å².